The summed E-state index contributed by atoms with van der Waals surface area (Å²) in [4.78, 5) is 22.7. The number of para-hydroxylation sites is 1. The Balaban J connectivity index is 2.24. The van der Waals surface area contributed by atoms with E-state index >= 15 is 0 Å². The highest BCUT2D eigenvalue weighted by molar-refractivity contribution is 6.34. The molecule has 0 unspecified atom stereocenters. The molecule has 2 N–H and O–H groups in total. The van der Waals surface area contributed by atoms with Crippen LogP contribution in [0.25, 0.3) is 0 Å². The van der Waals surface area contributed by atoms with Crippen LogP contribution < -0.4 is 10.9 Å². The first-order valence-corrected chi connectivity index (χ1v) is 5.16. The minimum Gasteiger partial charge on any atom is -0.321 e. The number of rotatable bonds is 2. The third-order valence-electron chi connectivity index (χ3n) is 2.01. The number of benzene rings is 1. The second kappa shape index (κ2) is 4.80. The van der Waals surface area contributed by atoms with Crippen molar-refractivity contribution in [2.75, 3.05) is 5.32 Å². The fourth-order valence-electron chi connectivity index (χ4n) is 1.25. The Morgan fingerprint density at radius 1 is 1.29 bits per heavy atom. The van der Waals surface area contributed by atoms with Gasteiger partial charge in [0.05, 0.1) is 5.02 Å². The number of carbonyl (C=O) groups is 1. The number of aromatic amines is 1. The molecule has 1 aromatic heterocycles. The minimum absolute atomic E-state index is 0.0159. The zero-order chi connectivity index (χ0) is 12.3. The highest BCUT2D eigenvalue weighted by atomic mass is 35.5. The Bertz CT molecular complexity index is 595. The maximum absolute atomic E-state index is 11.8. The summed E-state index contributed by atoms with van der Waals surface area (Å²) in [5.74, 6) is -0.475. The summed E-state index contributed by atoms with van der Waals surface area (Å²) in [5, 5.41) is 8.38. The van der Waals surface area contributed by atoms with E-state index in [1.54, 1.807) is 24.3 Å². The number of hydrogen-bond donors (Lipinski definition) is 2. The van der Waals surface area contributed by atoms with Crippen LogP contribution in [0.2, 0.25) is 5.02 Å². The van der Waals surface area contributed by atoms with Crippen LogP contribution in [0.1, 0.15) is 10.5 Å². The Hall–Kier alpha value is -2.14. The molecule has 5 nitrogen and oxygen atoms in total. The van der Waals surface area contributed by atoms with Gasteiger partial charge in [-0.2, -0.15) is 5.10 Å². The van der Waals surface area contributed by atoms with Gasteiger partial charge in [0.2, 0.25) is 0 Å². The van der Waals surface area contributed by atoms with E-state index in [0.29, 0.717) is 5.69 Å². The predicted octanol–water partition coefficient (Wildman–Crippen LogP) is 1.68. The molecule has 0 aliphatic rings. The van der Waals surface area contributed by atoms with Gasteiger partial charge in [0.15, 0.2) is 5.69 Å². The molecule has 0 bridgehead atoms. The normalized spacial score (nSPS) is 9.94. The van der Waals surface area contributed by atoms with E-state index in [-0.39, 0.29) is 10.7 Å². The molecule has 2 aromatic rings. The molecular weight excluding hydrogens is 242 g/mol. The van der Waals surface area contributed by atoms with Gasteiger partial charge in [0.25, 0.3) is 11.5 Å². The average Bonchev–Trinajstić information content (AvgIpc) is 2.30. The van der Waals surface area contributed by atoms with Crippen LogP contribution in [0.4, 0.5) is 5.69 Å². The van der Waals surface area contributed by atoms with E-state index < -0.39 is 11.5 Å². The van der Waals surface area contributed by atoms with Gasteiger partial charge in [0, 0.05) is 11.8 Å². The van der Waals surface area contributed by atoms with Gasteiger partial charge in [-0.1, -0.05) is 29.8 Å². The largest absolute Gasteiger partial charge is 0.321 e. The maximum atomic E-state index is 11.8. The van der Waals surface area contributed by atoms with Crippen molar-refractivity contribution in [3.63, 3.8) is 0 Å². The molecule has 1 heterocycles. The van der Waals surface area contributed by atoms with Crippen molar-refractivity contribution in [3.8, 4) is 0 Å². The number of H-pyrrole nitrogens is 1. The molecule has 0 spiro atoms. The van der Waals surface area contributed by atoms with Crippen molar-refractivity contribution < 1.29 is 4.79 Å². The number of nitrogens with one attached hydrogen (secondary N) is 2. The lowest BCUT2D eigenvalue weighted by molar-refractivity contribution is 0.102. The molecule has 1 aromatic carbocycles. The number of amides is 1. The van der Waals surface area contributed by atoms with Crippen molar-refractivity contribution in [2.45, 2.75) is 0 Å². The number of nitrogens with zero attached hydrogens (tertiary/aromatic N) is 1. The molecule has 6 heteroatoms. The van der Waals surface area contributed by atoms with Gasteiger partial charge < -0.3 is 5.32 Å². The molecule has 0 atom stereocenters. The molecular formula is C11H8ClN3O2. The van der Waals surface area contributed by atoms with Crippen LogP contribution in [0.3, 0.4) is 0 Å². The highest BCUT2D eigenvalue weighted by Gasteiger charge is 2.12. The first kappa shape index (κ1) is 11.3. The molecule has 0 saturated carbocycles. The smallest absolute Gasteiger partial charge is 0.277 e. The lowest BCUT2D eigenvalue weighted by Gasteiger charge is -2.04. The SMILES string of the molecule is O=C(Nc1ccccc1)c1n[nH]c(=O)cc1Cl. The molecule has 0 fully saturated rings. The lowest BCUT2D eigenvalue weighted by Crippen LogP contribution is -2.18. The first-order valence-electron chi connectivity index (χ1n) is 4.78. The second-order valence-corrected chi connectivity index (χ2v) is 3.66. The fraction of sp³-hybridized carbons (Fsp3) is 0. The first-order chi connectivity index (χ1) is 8.16. The number of carbonyl (C=O) groups excluding carboxylic acids is 1. The Kier molecular flexibility index (Phi) is 3.20. The minimum atomic E-state index is -0.475. The zero-order valence-corrected chi connectivity index (χ0v) is 9.36. The number of hydrogen-bond acceptors (Lipinski definition) is 3. The van der Waals surface area contributed by atoms with Crippen molar-refractivity contribution in [3.05, 3.63) is 57.5 Å². The Morgan fingerprint density at radius 2 is 2.00 bits per heavy atom. The van der Waals surface area contributed by atoms with E-state index in [2.05, 4.69) is 15.5 Å². The summed E-state index contributed by atoms with van der Waals surface area (Å²) < 4.78 is 0. The van der Waals surface area contributed by atoms with Gasteiger partial charge in [-0.05, 0) is 12.1 Å². The van der Waals surface area contributed by atoms with Crippen molar-refractivity contribution in [2.24, 2.45) is 0 Å². The van der Waals surface area contributed by atoms with E-state index in [9.17, 15) is 9.59 Å². The van der Waals surface area contributed by atoms with E-state index in [0.717, 1.165) is 6.07 Å². The van der Waals surface area contributed by atoms with Crippen molar-refractivity contribution in [1.82, 2.24) is 10.2 Å². The van der Waals surface area contributed by atoms with Crippen molar-refractivity contribution >= 4 is 23.2 Å². The standard InChI is InChI=1S/C11H8ClN3O2/c12-8-6-9(16)14-15-10(8)11(17)13-7-4-2-1-3-5-7/h1-6H,(H,13,17)(H,14,16). The average molecular weight is 250 g/mol. The third kappa shape index (κ3) is 2.70. The maximum Gasteiger partial charge on any atom is 0.277 e. The molecule has 0 saturated heterocycles. The van der Waals surface area contributed by atoms with Crippen LogP contribution in [-0.4, -0.2) is 16.1 Å². The van der Waals surface area contributed by atoms with Gasteiger partial charge in [0.1, 0.15) is 0 Å². The predicted molar refractivity (Wildman–Crippen MR) is 64.3 cm³/mol. The summed E-state index contributed by atoms with van der Waals surface area (Å²) in [6.07, 6.45) is 0. The summed E-state index contributed by atoms with van der Waals surface area (Å²) in [5.41, 5.74) is 0.156. The number of anilines is 1. The molecule has 0 aliphatic heterocycles. The van der Waals surface area contributed by atoms with E-state index in [1.807, 2.05) is 6.07 Å². The number of halogens is 1. The summed E-state index contributed by atoms with van der Waals surface area (Å²) in [6, 6.07) is 9.99. The lowest BCUT2D eigenvalue weighted by atomic mass is 10.3. The van der Waals surface area contributed by atoms with Gasteiger partial charge >= 0.3 is 0 Å². The van der Waals surface area contributed by atoms with Gasteiger partial charge in [-0.25, -0.2) is 5.10 Å². The van der Waals surface area contributed by atoms with E-state index in [4.69, 9.17) is 11.6 Å². The quantitative estimate of drug-likeness (QED) is 0.850. The number of aromatic nitrogens is 2. The molecule has 0 radical (unpaired) electrons. The van der Waals surface area contributed by atoms with Crippen molar-refractivity contribution in [1.29, 1.82) is 0 Å². The zero-order valence-electron chi connectivity index (χ0n) is 8.61. The molecule has 86 valence electrons. The van der Waals surface area contributed by atoms with Crippen LogP contribution in [0.15, 0.2) is 41.2 Å². The van der Waals surface area contributed by atoms with Crippen LogP contribution in [-0.2, 0) is 0 Å². The Morgan fingerprint density at radius 3 is 2.65 bits per heavy atom. The van der Waals surface area contributed by atoms with E-state index in [1.165, 1.54) is 0 Å². The van der Waals surface area contributed by atoms with Crippen LogP contribution in [0.5, 0.6) is 0 Å². The molecule has 0 aliphatic carbocycles. The van der Waals surface area contributed by atoms with Crippen LogP contribution in [0, 0.1) is 0 Å². The Labute approximate surface area is 101 Å². The molecule has 1 amide bonds. The van der Waals surface area contributed by atoms with Gasteiger partial charge in [-0.15, -0.1) is 0 Å². The highest BCUT2D eigenvalue weighted by Crippen LogP contribution is 2.12. The fourth-order valence-corrected chi connectivity index (χ4v) is 1.48. The summed E-state index contributed by atoms with van der Waals surface area (Å²) in [7, 11) is 0. The molecule has 17 heavy (non-hydrogen) atoms. The monoisotopic (exact) mass is 249 g/mol. The molecule has 2 rings (SSSR count). The second-order valence-electron chi connectivity index (χ2n) is 3.25. The topological polar surface area (TPSA) is 74.8 Å². The van der Waals surface area contributed by atoms with Crippen LogP contribution >= 0.6 is 11.6 Å². The van der Waals surface area contributed by atoms with Gasteiger partial charge in [-0.3, -0.25) is 9.59 Å². The summed E-state index contributed by atoms with van der Waals surface area (Å²) in [6.45, 7) is 0. The summed E-state index contributed by atoms with van der Waals surface area (Å²) >= 11 is 5.75. The third-order valence-corrected chi connectivity index (χ3v) is 2.30.